The van der Waals surface area contributed by atoms with Crippen molar-refractivity contribution >= 4 is 0 Å². The van der Waals surface area contributed by atoms with E-state index in [-0.39, 0.29) is 24.3 Å². The van der Waals surface area contributed by atoms with E-state index in [2.05, 4.69) is 34.7 Å². The molecule has 1 aromatic carbocycles. The van der Waals surface area contributed by atoms with Crippen molar-refractivity contribution in [1.29, 1.82) is 0 Å². The highest BCUT2D eigenvalue weighted by Crippen LogP contribution is 2.35. The summed E-state index contributed by atoms with van der Waals surface area (Å²) in [5, 5.41) is 15.9. The minimum atomic E-state index is -0.0116. The third-order valence-corrected chi connectivity index (χ3v) is 4.99. The number of ether oxygens (including phenoxy) is 2. The van der Waals surface area contributed by atoms with Crippen molar-refractivity contribution in [3.63, 3.8) is 0 Å². The highest BCUT2D eigenvalue weighted by atomic mass is 16.6. The molecule has 134 valence electrons. The van der Waals surface area contributed by atoms with Crippen molar-refractivity contribution in [3.05, 3.63) is 30.3 Å². The van der Waals surface area contributed by atoms with Crippen LogP contribution in [0, 0.1) is 5.92 Å². The van der Waals surface area contributed by atoms with Crippen LogP contribution in [0.2, 0.25) is 0 Å². The number of nitrogens with one attached hydrogen (secondary N) is 1. The van der Waals surface area contributed by atoms with E-state index in [0.29, 0.717) is 19.1 Å². The smallest absolute Gasteiger partial charge is 0.182 e. The first kappa shape index (κ1) is 16.6. The van der Waals surface area contributed by atoms with Gasteiger partial charge in [0.2, 0.25) is 0 Å². The van der Waals surface area contributed by atoms with Crippen LogP contribution in [-0.4, -0.2) is 58.2 Å². The van der Waals surface area contributed by atoms with E-state index >= 15 is 0 Å². The van der Waals surface area contributed by atoms with E-state index in [1.54, 1.807) is 0 Å². The van der Waals surface area contributed by atoms with E-state index in [4.69, 9.17) is 9.47 Å². The number of fused-ring (bicyclic) bond motifs is 1. The Kier molecular flexibility index (Phi) is 4.78. The van der Waals surface area contributed by atoms with Gasteiger partial charge in [-0.25, -0.2) is 4.68 Å². The largest absolute Gasteiger partial charge is 0.371 e. The lowest BCUT2D eigenvalue weighted by atomic mass is 10.1. The van der Waals surface area contributed by atoms with Crippen LogP contribution in [0.15, 0.2) is 30.3 Å². The first-order valence-corrected chi connectivity index (χ1v) is 9.04. The summed E-state index contributed by atoms with van der Waals surface area (Å²) in [6, 6.07) is 10.2. The molecule has 0 bridgehead atoms. The standard InChI is InChI=1S/C18H25N5O2/c1-12(2)8-9-19-14-10-24-17-15(11-25-16(14)17)23-18(20-21-22-23)13-6-4-3-5-7-13/h3-7,12,14-17,19H,8-11H2,1-2H3/t14-,15+,16-,17+/m1/s1. The van der Waals surface area contributed by atoms with Gasteiger partial charge in [-0.05, 0) is 29.3 Å². The van der Waals surface area contributed by atoms with Gasteiger partial charge in [-0.2, -0.15) is 0 Å². The fraction of sp³-hybridized carbons (Fsp3) is 0.611. The average Bonchev–Trinajstić information content (AvgIpc) is 3.31. The molecule has 1 aromatic heterocycles. The number of tetrazole rings is 1. The maximum absolute atomic E-state index is 6.07. The van der Waals surface area contributed by atoms with Gasteiger partial charge in [0.15, 0.2) is 5.82 Å². The maximum Gasteiger partial charge on any atom is 0.182 e. The Labute approximate surface area is 147 Å². The van der Waals surface area contributed by atoms with Crippen LogP contribution in [0.4, 0.5) is 0 Å². The topological polar surface area (TPSA) is 74.1 Å². The number of benzene rings is 1. The van der Waals surface area contributed by atoms with Crippen LogP contribution in [0.3, 0.4) is 0 Å². The lowest BCUT2D eigenvalue weighted by molar-refractivity contribution is 0.0621. The Balaban J connectivity index is 1.47. The van der Waals surface area contributed by atoms with Crippen molar-refractivity contribution in [2.45, 2.75) is 44.6 Å². The van der Waals surface area contributed by atoms with Crippen molar-refractivity contribution in [2.75, 3.05) is 19.8 Å². The Bertz CT molecular complexity index is 690. The first-order chi connectivity index (χ1) is 12.2. The van der Waals surface area contributed by atoms with Crippen molar-refractivity contribution in [2.24, 2.45) is 5.92 Å². The normalized spacial score (nSPS) is 28.6. The third kappa shape index (κ3) is 3.31. The van der Waals surface area contributed by atoms with Crippen molar-refractivity contribution in [1.82, 2.24) is 25.5 Å². The second-order valence-corrected chi connectivity index (χ2v) is 7.22. The Hall–Kier alpha value is -1.83. The number of hydrogen-bond acceptors (Lipinski definition) is 6. The summed E-state index contributed by atoms with van der Waals surface area (Å²) in [6.07, 6.45) is 1.20. The molecule has 0 aliphatic carbocycles. The monoisotopic (exact) mass is 343 g/mol. The fourth-order valence-electron chi connectivity index (χ4n) is 3.62. The zero-order chi connectivity index (χ0) is 17.2. The summed E-state index contributed by atoms with van der Waals surface area (Å²) in [5.41, 5.74) is 1.00. The zero-order valence-electron chi connectivity index (χ0n) is 14.7. The van der Waals surface area contributed by atoms with Gasteiger partial charge in [0.25, 0.3) is 0 Å². The average molecular weight is 343 g/mol. The van der Waals surface area contributed by atoms with E-state index in [1.807, 2.05) is 35.0 Å². The lowest BCUT2D eigenvalue weighted by Gasteiger charge is -2.18. The predicted molar refractivity (Wildman–Crippen MR) is 93.0 cm³/mol. The SMILES string of the molecule is CC(C)CCN[C@@H]1CO[C@@H]2[C@@H]1OC[C@@H]2n1nnnc1-c1ccccc1. The number of rotatable bonds is 6. The molecule has 0 spiro atoms. The molecule has 2 aliphatic heterocycles. The number of nitrogens with zero attached hydrogens (tertiary/aromatic N) is 4. The van der Waals surface area contributed by atoms with Gasteiger partial charge in [0.05, 0.1) is 19.3 Å². The minimum Gasteiger partial charge on any atom is -0.371 e. The summed E-state index contributed by atoms with van der Waals surface area (Å²) in [4.78, 5) is 0. The molecule has 1 N–H and O–H groups in total. The summed E-state index contributed by atoms with van der Waals surface area (Å²) in [7, 11) is 0. The van der Waals surface area contributed by atoms with E-state index < -0.39 is 0 Å². The highest BCUT2D eigenvalue weighted by Gasteiger charge is 2.49. The summed E-state index contributed by atoms with van der Waals surface area (Å²) in [6.45, 7) is 6.71. The lowest BCUT2D eigenvalue weighted by Crippen LogP contribution is -2.41. The van der Waals surface area contributed by atoms with Gasteiger partial charge in [-0.1, -0.05) is 44.2 Å². The van der Waals surface area contributed by atoms with Gasteiger partial charge in [-0.3, -0.25) is 0 Å². The third-order valence-electron chi connectivity index (χ3n) is 4.99. The second kappa shape index (κ2) is 7.19. The molecular weight excluding hydrogens is 318 g/mol. The fourth-order valence-corrected chi connectivity index (χ4v) is 3.62. The molecule has 2 saturated heterocycles. The van der Waals surface area contributed by atoms with E-state index in [9.17, 15) is 0 Å². The predicted octanol–water partition coefficient (Wildman–Crippen LogP) is 1.68. The molecule has 3 heterocycles. The zero-order valence-corrected chi connectivity index (χ0v) is 14.7. The molecule has 0 amide bonds. The molecule has 0 radical (unpaired) electrons. The van der Waals surface area contributed by atoms with Crippen LogP contribution in [0.5, 0.6) is 0 Å². The molecular formula is C18H25N5O2. The maximum atomic E-state index is 6.07. The van der Waals surface area contributed by atoms with Crippen LogP contribution >= 0.6 is 0 Å². The molecule has 7 heteroatoms. The molecule has 2 aromatic rings. The van der Waals surface area contributed by atoms with Gasteiger partial charge in [0.1, 0.15) is 18.2 Å². The molecule has 4 atom stereocenters. The van der Waals surface area contributed by atoms with Crippen LogP contribution in [0.25, 0.3) is 11.4 Å². The Morgan fingerprint density at radius 1 is 1.16 bits per heavy atom. The molecule has 0 unspecified atom stereocenters. The highest BCUT2D eigenvalue weighted by molar-refractivity contribution is 5.54. The molecule has 25 heavy (non-hydrogen) atoms. The summed E-state index contributed by atoms with van der Waals surface area (Å²) >= 11 is 0. The molecule has 2 fully saturated rings. The Morgan fingerprint density at radius 3 is 2.76 bits per heavy atom. The van der Waals surface area contributed by atoms with E-state index in [1.165, 1.54) is 0 Å². The molecule has 0 saturated carbocycles. The van der Waals surface area contributed by atoms with E-state index in [0.717, 1.165) is 24.4 Å². The quantitative estimate of drug-likeness (QED) is 0.860. The van der Waals surface area contributed by atoms with Crippen molar-refractivity contribution in [3.8, 4) is 11.4 Å². The number of aromatic nitrogens is 4. The summed E-state index contributed by atoms with van der Waals surface area (Å²) < 4.78 is 14.0. The molecule has 4 rings (SSSR count). The van der Waals surface area contributed by atoms with Crippen LogP contribution in [-0.2, 0) is 9.47 Å². The van der Waals surface area contributed by atoms with Gasteiger partial charge in [-0.15, -0.1) is 5.10 Å². The van der Waals surface area contributed by atoms with Crippen LogP contribution in [0.1, 0.15) is 26.3 Å². The molecule has 7 nitrogen and oxygen atoms in total. The van der Waals surface area contributed by atoms with Crippen molar-refractivity contribution < 1.29 is 9.47 Å². The molecule has 2 aliphatic rings. The Morgan fingerprint density at radius 2 is 1.96 bits per heavy atom. The minimum absolute atomic E-state index is 0.00658. The second-order valence-electron chi connectivity index (χ2n) is 7.22. The van der Waals surface area contributed by atoms with Gasteiger partial charge < -0.3 is 14.8 Å². The summed E-state index contributed by atoms with van der Waals surface area (Å²) in [5.74, 6) is 1.45. The van der Waals surface area contributed by atoms with Crippen LogP contribution < -0.4 is 5.32 Å². The number of hydrogen-bond donors (Lipinski definition) is 1. The first-order valence-electron chi connectivity index (χ1n) is 9.04. The van der Waals surface area contributed by atoms with Gasteiger partial charge in [0, 0.05) is 5.56 Å². The van der Waals surface area contributed by atoms with Gasteiger partial charge >= 0.3 is 0 Å².